The Labute approximate surface area is 113 Å². The highest BCUT2D eigenvalue weighted by Crippen LogP contribution is 2.63. The molecule has 104 valence electrons. The van der Waals surface area contributed by atoms with E-state index in [1.807, 2.05) is 0 Å². The fourth-order valence-corrected chi connectivity index (χ4v) is 5.02. The lowest BCUT2D eigenvalue weighted by Crippen LogP contribution is -2.43. The highest BCUT2D eigenvalue weighted by Gasteiger charge is 2.59. The van der Waals surface area contributed by atoms with Gasteiger partial charge in [0, 0.05) is 0 Å². The molecule has 0 amide bonds. The zero-order valence-electron chi connectivity index (χ0n) is 12.7. The SMILES string of the molecule is CCC(C)(C)COC1(C)CC2CC1C1CCCC21. The topological polar surface area (TPSA) is 9.23 Å². The van der Waals surface area contributed by atoms with Crippen LogP contribution in [0.4, 0.5) is 0 Å². The van der Waals surface area contributed by atoms with Crippen molar-refractivity contribution >= 4 is 0 Å². The van der Waals surface area contributed by atoms with E-state index in [1.54, 1.807) is 0 Å². The van der Waals surface area contributed by atoms with Crippen molar-refractivity contribution < 1.29 is 4.74 Å². The number of hydrogen-bond donors (Lipinski definition) is 0. The monoisotopic (exact) mass is 250 g/mol. The largest absolute Gasteiger partial charge is 0.374 e. The molecule has 0 heterocycles. The quantitative estimate of drug-likeness (QED) is 0.705. The molecular weight excluding hydrogens is 220 g/mol. The average molecular weight is 250 g/mol. The minimum Gasteiger partial charge on any atom is -0.374 e. The van der Waals surface area contributed by atoms with Gasteiger partial charge in [0.1, 0.15) is 0 Å². The molecular formula is C17H30O. The first-order valence-electron chi connectivity index (χ1n) is 8.09. The molecule has 0 saturated heterocycles. The molecule has 0 aliphatic heterocycles. The van der Waals surface area contributed by atoms with Gasteiger partial charge in [-0.1, -0.05) is 27.2 Å². The Hall–Kier alpha value is -0.0400. The molecule has 0 radical (unpaired) electrons. The molecule has 3 saturated carbocycles. The molecule has 0 aromatic heterocycles. The summed E-state index contributed by atoms with van der Waals surface area (Å²) in [7, 11) is 0. The van der Waals surface area contributed by atoms with Gasteiger partial charge in [0.05, 0.1) is 12.2 Å². The van der Waals surface area contributed by atoms with E-state index in [2.05, 4.69) is 27.7 Å². The maximum Gasteiger partial charge on any atom is 0.0688 e. The van der Waals surface area contributed by atoms with Crippen molar-refractivity contribution in [1.29, 1.82) is 0 Å². The second kappa shape index (κ2) is 4.23. The van der Waals surface area contributed by atoms with Gasteiger partial charge in [-0.25, -0.2) is 0 Å². The van der Waals surface area contributed by atoms with E-state index in [4.69, 9.17) is 4.74 Å². The summed E-state index contributed by atoms with van der Waals surface area (Å²) in [5.41, 5.74) is 0.558. The number of ether oxygens (including phenoxy) is 1. The molecule has 2 bridgehead atoms. The molecule has 3 aliphatic rings. The summed E-state index contributed by atoms with van der Waals surface area (Å²) >= 11 is 0. The van der Waals surface area contributed by atoms with Gasteiger partial charge in [-0.05, 0) is 68.1 Å². The Balaban J connectivity index is 1.66. The molecule has 0 aromatic rings. The van der Waals surface area contributed by atoms with Gasteiger partial charge in [0.2, 0.25) is 0 Å². The van der Waals surface area contributed by atoms with Gasteiger partial charge in [0.15, 0.2) is 0 Å². The lowest BCUT2D eigenvalue weighted by atomic mass is 9.73. The maximum absolute atomic E-state index is 6.49. The zero-order valence-corrected chi connectivity index (χ0v) is 12.7. The predicted molar refractivity (Wildman–Crippen MR) is 75.5 cm³/mol. The fourth-order valence-electron chi connectivity index (χ4n) is 5.02. The molecule has 0 aromatic carbocycles. The molecule has 5 unspecified atom stereocenters. The summed E-state index contributed by atoms with van der Waals surface area (Å²) in [6.45, 7) is 10.3. The predicted octanol–water partition coefficient (Wildman–Crippen LogP) is 4.65. The zero-order chi connectivity index (χ0) is 13.0. The second-order valence-corrected chi connectivity index (χ2v) is 8.18. The lowest BCUT2D eigenvalue weighted by Gasteiger charge is -2.42. The van der Waals surface area contributed by atoms with Crippen LogP contribution in [0.25, 0.3) is 0 Å². The highest BCUT2D eigenvalue weighted by molar-refractivity contribution is 5.09. The second-order valence-electron chi connectivity index (χ2n) is 8.18. The smallest absolute Gasteiger partial charge is 0.0688 e. The van der Waals surface area contributed by atoms with Crippen molar-refractivity contribution in [3.05, 3.63) is 0 Å². The van der Waals surface area contributed by atoms with Gasteiger partial charge in [0.25, 0.3) is 0 Å². The third-order valence-electron chi connectivity index (χ3n) is 6.51. The van der Waals surface area contributed by atoms with Crippen LogP contribution < -0.4 is 0 Å². The van der Waals surface area contributed by atoms with Gasteiger partial charge < -0.3 is 4.74 Å². The molecule has 5 atom stereocenters. The van der Waals surface area contributed by atoms with E-state index in [1.165, 1.54) is 38.5 Å². The first-order chi connectivity index (χ1) is 8.45. The van der Waals surface area contributed by atoms with Crippen LogP contribution in [0.3, 0.4) is 0 Å². The first-order valence-corrected chi connectivity index (χ1v) is 8.09. The van der Waals surface area contributed by atoms with Crippen LogP contribution >= 0.6 is 0 Å². The van der Waals surface area contributed by atoms with Crippen LogP contribution in [-0.2, 0) is 4.74 Å². The molecule has 1 nitrogen and oxygen atoms in total. The van der Waals surface area contributed by atoms with Gasteiger partial charge >= 0.3 is 0 Å². The molecule has 0 N–H and O–H groups in total. The molecule has 3 rings (SSSR count). The van der Waals surface area contributed by atoms with Crippen molar-refractivity contribution in [3.63, 3.8) is 0 Å². The van der Waals surface area contributed by atoms with E-state index in [0.717, 1.165) is 30.3 Å². The third kappa shape index (κ3) is 1.94. The minimum atomic E-state index is 0.211. The van der Waals surface area contributed by atoms with Crippen molar-refractivity contribution in [2.24, 2.45) is 29.1 Å². The van der Waals surface area contributed by atoms with Gasteiger partial charge in [-0.2, -0.15) is 0 Å². The Morgan fingerprint density at radius 3 is 2.67 bits per heavy atom. The van der Waals surface area contributed by atoms with Crippen molar-refractivity contribution in [2.45, 2.75) is 71.8 Å². The lowest BCUT2D eigenvalue weighted by molar-refractivity contribution is -0.115. The summed E-state index contributed by atoms with van der Waals surface area (Å²) in [5, 5.41) is 0. The fraction of sp³-hybridized carbons (Fsp3) is 1.00. The number of rotatable bonds is 4. The van der Waals surface area contributed by atoms with Crippen molar-refractivity contribution in [2.75, 3.05) is 6.61 Å². The molecule has 1 heteroatoms. The van der Waals surface area contributed by atoms with E-state index in [-0.39, 0.29) is 5.60 Å². The molecule has 18 heavy (non-hydrogen) atoms. The van der Waals surface area contributed by atoms with E-state index in [0.29, 0.717) is 5.41 Å². The molecule has 3 aliphatic carbocycles. The number of hydrogen-bond acceptors (Lipinski definition) is 1. The van der Waals surface area contributed by atoms with Gasteiger partial charge in [-0.3, -0.25) is 0 Å². The van der Waals surface area contributed by atoms with E-state index < -0.39 is 0 Å². The van der Waals surface area contributed by atoms with Crippen LogP contribution in [0.1, 0.15) is 66.2 Å². The summed E-state index contributed by atoms with van der Waals surface area (Å²) in [5.74, 6) is 3.96. The summed E-state index contributed by atoms with van der Waals surface area (Å²) in [4.78, 5) is 0. The Kier molecular flexibility index (Phi) is 3.05. The Morgan fingerprint density at radius 1 is 1.22 bits per heavy atom. The van der Waals surface area contributed by atoms with Gasteiger partial charge in [-0.15, -0.1) is 0 Å². The van der Waals surface area contributed by atoms with Crippen LogP contribution in [0.5, 0.6) is 0 Å². The Morgan fingerprint density at radius 2 is 1.94 bits per heavy atom. The van der Waals surface area contributed by atoms with E-state index in [9.17, 15) is 0 Å². The van der Waals surface area contributed by atoms with Crippen LogP contribution in [0, 0.1) is 29.1 Å². The van der Waals surface area contributed by atoms with Crippen molar-refractivity contribution in [3.8, 4) is 0 Å². The van der Waals surface area contributed by atoms with Crippen LogP contribution in [-0.4, -0.2) is 12.2 Å². The van der Waals surface area contributed by atoms with Crippen molar-refractivity contribution in [1.82, 2.24) is 0 Å². The Bertz CT molecular complexity index is 322. The maximum atomic E-state index is 6.49. The van der Waals surface area contributed by atoms with Crippen LogP contribution in [0.15, 0.2) is 0 Å². The van der Waals surface area contributed by atoms with Crippen LogP contribution in [0.2, 0.25) is 0 Å². The standard InChI is InChI=1S/C17H30O/c1-5-16(2,3)11-18-17(4)10-12-9-15(17)14-8-6-7-13(12)14/h12-15H,5-11H2,1-4H3. The highest BCUT2D eigenvalue weighted by atomic mass is 16.5. The molecule has 0 spiro atoms. The number of fused-ring (bicyclic) bond motifs is 5. The summed E-state index contributed by atoms with van der Waals surface area (Å²) in [6.07, 6.45) is 8.52. The average Bonchev–Trinajstić information content (AvgIpc) is 2.97. The van der Waals surface area contributed by atoms with E-state index >= 15 is 0 Å². The normalized spacial score (nSPS) is 46.7. The first kappa shape index (κ1) is 13.0. The summed E-state index contributed by atoms with van der Waals surface area (Å²) in [6, 6.07) is 0. The third-order valence-corrected chi connectivity index (χ3v) is 6.51. The minimum absolute atomic E-state index is 0.211. The molecule has 3 fully saturated rings. The summed E-state index contributed by atoms with van der Waals surface area (Å²) < 4.78 is 6.49.